The maximum atomic E-state index is 10.7. The molecule has 0 aliphatic carbocycles. The van der Waals surface area contributed by atoms with Crippen LogP contribution >= 0.6 is 11.6 Å². The fraction of sp³-hybridized carbons (Fsp3) is 0.375. The van der Waals surface area contributed by atoms with Gasteiger partial charge in [0.05, 0.1) is 6.61 Å². The summed E-state index contributed by atoms with van der Waals surface area (Å²) < 4.78 is 4.55. The molecule has 0 aromatic rings. The number of Topliss-reactive ketones (excluding diaryl/α,β-unsaturated/α-hetero) is 1. The number of ether oxygens (including phenoxy) is 1. The first-order valence-corrected chi connectivity index (χ1v) is 3.88. The number of carbonyl (C=O) groups excluding carboxylic acids is 3. The van der Waals surface area contributed by atoms with Crippen LogP contribution < -0.4 is 0 Å². The van der Waals surface area contributed by atoms with Crippen LogP contribution in [0.1, 0.15) is 13.3 Å². The molecule has 4 nitrogen and oxygen atoms in total. The Morgan fingerprint density at radius 1 is 1.38 bits per heavy atom. The van der Waals surface area contributed by atoms with Crippen LogP contribution in [0.3, 0.4) is 0 Å². The summed E-state index contributed by atoms with van der Waals surface area (Å²) in [6, 6.07) is 0. The van der Waals surface area contributed by atoms with Crippen molar-refractivity contribution in [2.45, 2.75) is 13.3 Å². The fourth-order valence-corrected chi connectivity index (χ4v) is 0.552. The zero-order chi connectivity index (χ0) is 10.4. The van der Waals surface area contributed by atoms with Gasteiger partial charge < -0.3 is 4.74 Å². The highest BCUT2D eigenvalue weighted by Crippen LogP contribution is 1.95. The van der Waals surface area contributed by atoms with Gasteiger partial charge in [0.25, 0.3) is 5.24 Å². The standard InChI is InChI=1S/C8H9ClO4/c1-5(2)8(12)13-4-3-6(10)7(9)11/h1,3-4H2,2H3. The summed E-state index contributed by atoms with van der Waals surface area (Å²) in [5, 5.41) is -1.05. The lowest BCUT2D eigenvalue weighted by molar-refractivity contribution is -0.141. The van der Waals surface area contributed by atoms with E-state index in [0.717, 1.165) is 0 Å². The summed E-state index contributed by atoms with van der Waals surface area (Å²) in [7, 11) is 0. The predicted molar refractivity (Wildman–Crippen MR) is 46.3 cm³/mol. The summed E-state index contributed by atoms with van der Waals surface area (Å²) in [4.78, 5) is 31.6. The molecule has 0 saturated carbocycles. The van der Waals surface area contributed by atoms with Crippen LogP contribution in [0.4, 0.5) is 0 Å². The smallest absolute Gasteiger partial charge is 0.333 e. The van der Waals surface area contributed by atoms with Crippen LogP contribution in [0.5, 0.6) is 0 Å². The first-order valence-electron chi connectivity index (χ1n) is 3.50. The molecule has 0 amide bonds. The van der Waals surface area contributed by atoms with Crippen LogP contribution in [0.15, 0.2) is 12.2 Å². The topological polar surface area (TPSA) is 60.4 Å². The molecule has 0 N–H and O–H groups in total. The van der Waals surface area contributed by atoms with Gasteiger partial charge in [0, 0.05) is 12.0 Å². The van der Waals surface area contributed by atoms with Gasteiger partial charge in [-0.05, 0) is 18.5 Å². The van der Waals surface area contributed by atoms with Crippen molar-refractivity contribution in [3.63, 3.8) is 0 Å². The van der Waals surface area contributed by atoms with E-state index in [-0.39, 0.29) is 18.6 Å². The van der Waals surface area contributed by atoms with E-state index in [0.29, 0.717) is 0 Å². The van der Waals surface area contributed by atoms with Crippen LogP contribution in [0.25, 0.3) is 0 Å². The molecule has 0 aromatic carbocycles. The van der Waals surface area contributed by atoms with Gasteiger partial charge >= 0.3 is 5.97 Å². The lowest BCUT2D eigenvalue weighted by Gasteiger charge is -2.01. The third-order valence-corrected chi connectivity index (χ3v) is 1.34. The Balaban J connectivity index is 3.69. The summed E-state index contributed by atoms with van der Waals surface area (Å²) in [6.45, 7) is 4.67. The van der Waals surface area contributed by atoms with Crippen molar-refractivity contribution >= 4 is 28.6 Å². The molecule has 0 heterocycles. The van der Waals surface area contributed by atoms with Gasteiger partial charge in [-0.3, -0.25) is 9.59 Å². The van der Waals surface area contributed by atoms with E-state index in [4.69, 9.17) is 11.6 Å². The minimum absolute atomic E-state index is 0.150. The Morgan fingerprint density at radius 2 is 1.92 bits per heavy atom. The van der Waals surface area contributed by atoms with Crippen molar-refractivity contribution in [2.75, 3.05) is 6.61 Å². The number of ketones is 1. The minimum Gasteiger partial charge on any atom is -0.462 e. The lowest BCUT2D eigenvalue weighted by Crippen LogP contribution is -2.13. The summed E-state index contributed by atoms with van der Waals surface area (Å²) in [6.07, 6.45) is -0.193. The molecule has 72 valence electrons. The van der Waals surface area contributed by atoms with Crippen LogP contribution in [0.2, 0.25) is 0 Å². The number of halogens is 1. The van der Waals surface area contributed by atoms with Crippen LogP contribution in [0, 0.1) is 0 Å². The van der Waals surface area contributed by atoms with Crippen LogP contribution in [-0.2, 0) is 19.1 Å². The van der Waals surface area contributed by atoms with Crippen molar-refractivity contribution in [3.05, 3.63) is 12.2 Å². The first kappa shape index (κ1) is 11.8. The molecule has 0 aromatic heterocycles. The second-order valence-electron chi connectivity index (χ2n) is 2.36. The van der Waals surface area contributed by atoms with Crippen molar-refractivity contribution in [1.29, 1.82) is 0 Å². The quantitative estimate of drug-likeness (QED) is 0.288. The molecule has 0 bridgehead atoms. The number of esters is 1. The van der Waals surface area contributed by atoms with Gasteiger partial charge in [-0.2, -0.15) is 0 Å². The van der Waals surface area contributed by atoms with Crippen molar-refractivity contribution < 1.29 is 19.1 Å². The Bertz CT molecular complexity index is 231. The predicted octanol–water partition coefficient (Wildman–Crippen LogP) is 0.830. The average molecular weight is 205 g/mol. The maximum Gasteiger partial charge on any atom is 0.333 e. The highest BCUT2D eigenvalue weighted by atomic mass is 35.5. The van der Waals surface area contributed by atoms with E-state index in [1.165, 1.54) is 6.92 Å². The minimum atomic E-state index is -1.05. The molecule has 0 aliphatic rings. The van der Waals surface area contributed by atoms with Crippen molar-refractivity contribution in [1.82, 2.24) is 0 Å². The molecule has 0 unspecified atom stereocenters. The Hall–Kier alpha value is -1.16. The second-order valence-corrected chi connectivity index (χ2v) is 2.71. The van der Waals surface area contributed by atoms with Crippen molar-refractivity contribution in [2.24, 2.45) is 0 Å². The summed E-state index contributed by atoms with van der Waals surface area (Å²) in [5.41, 5.74) is 0.240. The third kappa shape index (κ3) is 5.14. The normalized spacial score (nSPS) is 9.08. The van der Waals surface area contributed by atoms with Gasteiger partial charge in [-0.1, -0.05) is 6.58 Å². The van der Waals surface area contributed by atoms with Gasteiger partial charge in [0.1, 0.15) is 0 Å². The molecular formula is C8H9ClO4. The summed E-state index contributed by atoms with van der Waals surface area (Å²) >= 11 is 4.86. The maximum absolute atomic E-state index is 10.7. The molecule has 0 rings (SSSR count). The monoisotopic (exact) mass is 204 g/mol. The third-order valence-electron chi connectivity index (χ3n) is 1.13. The number of hydrogen-bond donors (Lipinski definition) is 0. The highest BCUT2D eigenvalue weighted by Gasteiger charge is 2.11. The SMILES string of the molecule is C=C(C)C(=O)OCCC(=O)C(=O)Cl. The van der Waals surface area contributed by atoms with Gasteiger partial charge in [-0.15, -0.1) is 0 Å². The Labute approximate surface area is 80.5 Å². The molecule has 0 aliphatic heterocycles. The number of rotatable bonds is 5. The zero-order valence-electron chi connectivity index (χ0n) is 7.13. The van der Waals surface area contributed by atoms with E-state index in [1.54, 1.807) is 0 Å². The van der Waals surface area contributed by atoms with Gasteiger partial charge in [0.15, 0.2) is 0 Å². The number of hydrogen-bond acceptors (Lipinski definition) is 4. The lowest BCUT2D eigenvalue weighted by atomic mass is 10.3. The van der Waals surface area contributed by atoms with E-state index in [2.05, 4.69) is 11.3 Å². The van der Waals surface area contributed by atoms with E-state index < -0.39 is 17.0 Å². The highest BCUT2D eigenvalue weighted by molar-refractivity contribution is 6.81. The Kier molecular flexibility index (Phi) is 4.99. The molecular weight excluding hydrogens is 196 g/mol. The molecule has 0 spiro atoms. The average Bonchev–Trinajstić information content (AvgIpc) is 2.03. The largest absolute Gasteiger partial charge is 0.462 e. The Morgan fingerprint density at radius 3 is 2.31 bits per heavy atom. The van der Waals surface area contributed by atoms with Gasteiger partial charge in [-0.25, -0.2) is 4.79 Å². The van der Waals surface area contributed by atoms with Crippen LogP contribution in [-0.4, -0.2) is 23.6 Å². The van der Waals surface area contributed by atoms with Gasteiger partial charge in [0.2, 0.25) is 5.78 Å². The van der Waals surface area contributed by atoms with E-state index in [1.807, 2.05) is 0 Å². The molecule has 0 radical (unpaired) electrons. The molecule has 5 heteroatoms. The molecule has 13 heavy (non-hydrogen) atoms. The first-order chi connectivity index (χ1) is 5.95. The van der Waals surface area contributed by atoms with Crippen molar-refractivity contribution in [3.8, 4) is 0 Å². The molecule has 0 atom stereocenters. The number of carbonyl (C=O) groups is 3. The second kappa shape index (κ2) is 5.48. The fourth-order valence-electron chi connectivity index (χ4n) is 0.458. The molecule has 0 saturated heterocycles. The zero-order valence-corrected chi connectivity index (χ0v) is 7.89. The molecule has 0 fully saturated rings. The summed E-state index contributed by atoms with van der Waals surface area (Å²) in [5.74, 6) is -1.36. The van der Waals surface area contributed by atoms with E-state index in [9.17, 15) is 14.4 Å². The van der Waals surface area contributed by atoms with E-state index >= 15 is 0 Å².